The van der Waals surface area contributed by atoms with Crippen LogP contribution in [0.3, 0.4) is 0 Å². The molecule has 0 radical (unpaired) electrons. The Bertz CT molecular complexity index is 766. The molecular weight excluding hydrogens is 264 g/mol. The van der Waals surface area contributed by atoms with Gasteiger partial charge in [0.2, 0.25) is 0 Å². The van der Waals surface area contributed by atoms with Crippen LogP contribution in [-0.2, 0) is 13.6 Å². The minimum absolute atomic E-state index is 0.0124. The van der Waals surface area contributed by atoms with Gasteiger partial charge in [-0.25, -0.2) is 4.98 Å². The van der Waals surface area contributed by atoms with Gasteiger partial charge >= 0.3 is 0 Å². The number of nitrogens with one attached hydrogen (secondary N) is 1. The van der Waals surface area contributed by atoms with Crippen LogP contribution >= 0.6 is 0 Å². The van der Waals surface area contributed by atoms with Crippen molar-refractivity contribution in [1.82, 2.24) is 20.1 Å². The summed E-state index contributed by atoms with van der Waals surface area (Å²) in [6, 6.07) is 11.8. The maximum atomic E-state index is 10.4. The van der Waals surface area contributed by atoms with Crippen LogP contribution in [-0.4, -0.2) is 19.9 Å². The minimum atomic E-state index is 0.0124. The number of nitrogens with zero attached hydrogens (tertiary/aromatic N) is 3. The highest BCUT2D eigenvalue weighted by atomic mass is 16.3. The monoisotopic (exact) mass is 282 g/mol. The molecule has 0 fully saturated rings. The molecule has 108 valence electrons. The van der Waals surface area contributed by atoms with E-state index < -0.39 is 0 Å². The number of benzene rings is 2. The zero-order chi connectivity index (χ0) is 14.8. The molecule has 1 atom stereocenters. The lowest BCUT2D eigenvalue weighted by Crippen LogP contribution is -2.19. The smallest absolute Gasteiger partial charge is 0.164 e. The van der Waals surface area contributed by atoms with Crippen molar-refractivity contribution in [3.8, 4) is 5.75 Å². The molecular formula is C16H18N4O. The summed E-state index contributed by atoms with van der Waals surface area (Å²) in [7, 11) is 1.84. The average Bonchev–Trinajstić information content (AvgIpc) is 2.91. The molecule has 3 rings (SSSR count). The van der Waals surface area contributed by atoms with Gasteiger partial charge in [0.15, 0.2) is 5.82 Å². The highest BCUT2D eigenvalue weighted by Crippen LogP contribution is 2.32. The molecule has 0 amide bonds. The lowest BCUT2D eigenvalue weighted by atomic mass is 10.0. The van der Waals surface area contributed by atoms with Crippen LogP contribution in [0.4, 0.5) is 0 Å². The lowest BCUT2D eigenvalue weighted by Gasteiger charge is -2.16. The van der Waals surface area contributed by atoms with E-state index in [0.29, 0.717) is 12.3 Å². The Hall–Kier alpha value is -2.40. The van der Waals surface area contributed by atoms with Crippen molar-refractivity contribution in [2.24, 2.45) is 7.05 Å². The maximum absolute atomic E-state index is 10.4. The van der Waals surface area contributed by atoms with Crippen molar-refractivity contribution in [2.75, 3.05) is 0 Å². The second-order valence-electron chi connectivity index (χ2n) is 5.16. The molecule has 0 spiro atoms. The Kier molecular flexibility index (Phi) is 3.58. The molecule has 21 heavy (non-hydrogen) atoms. The number of hydrogen-bond acceptors (Lipinski definition) is 4. The first kappa shape index (κ1) is 13.6. The molecule has 0 aliphatic heterocycles. The Morgan fingerprint density at radius 2 is 2.05 bits per heavy atom. The summed E-state index contributed by atoms with van der Waals surface area (Å²) in [5.74, 6) is 1.08. The Labute approximate surface area is 123 Å². The predicted molar refractivity (Wildman–Crippen MR) is 81.9 cm³/mol. The number of hydrogen-bond donors (Lipinski definition) is 2. The summed E-state index contributed by atoms with van der Waals surface area (Å²) < 4.78 is 1.68. The van der Waals surface area contributed by atoms with Crippen LogP contribution in [0, 0.1) is 0 Å². The number of aryl methyl sites for hydroxylation is 1. The fraction of sp³-hybridized carbons (Fsp3) is 0.250. The van der Waals surface area contributed by atoms with E-state index in [9.17, 15) is 5.11 Å². The summed E-state index contributed by atoms with van der Waals surface area (Å²) in [6.45, 7) is 2.58. The number of phenols is 1. The molecule has 1 aromatic heterocycles. The first-order valence-electron chi connectivity index (χ1n) is 6.93. The summed E-state index contributed by atoms with van der Waals surface area (Å²) in [4.78, 5) is 4.18. The highest BCUT2D eigenvalue weighted by Gasteiger charge is 2.13. The fourth-order valence-corrected chi connectivity index (χ4v) is 2.44. The first-order valence-corrected chi connectivity index (χ1v) is 6.93. The number of aromatic hydroxyl groups is 1. The molecule has 2 N–H and O–H groups in total. The molecule has 0 bridgehead atoms. The standard InChI is InChI=1S/C16H18N4O/c1-11(17-9-15-18-10-20(2)19-15)13-8-7-12-5-3-4-6-14(12)16(13)21/h3-8,10-11,17,21H,9H2,1-2H3. The van der Waals surface area contributed by atoms with Crippen molar-refractivity contribution >= 4 is 10.8 Å². The second kappa shape index (κ2) is 5.54. The molecule has 5 nitrogen and oxygen atoms in total. The van der Waals surface area contributed by atoms with Crippen LogP contribution in [0.15, 0.2) is 42.7 Å². The van der Waals surface area contributed by atoms with Gasteiger partial charge in [-0.05, 0) is 12.3 Å². The molecule has 0 aliphatic rings. The minimum Gasteiger partial charge on any atom is -0.507 e. The topological polar surface area (TPSA) is 63.0 Å². The molecule has 0 saturated heterocycles. The van der Waals surface area contributed by atoms with Crippen molar-refractivity contribution in [2.45, 2.75) is 19.5 Å². The van der Waals surface area contributed by atoms with E-state index in [1.807, 2.05) is 50.4 Å². The molecule has 5 heteroatoms. The molecule has 1 unspecified atom stereocenters. The van der Waals surface area contributed by atoms with Gasteiger partial charge in [0.25, 0.3) is 0 Å². The van der Waals surface area contributed by atoms with Gasteiger partial charge in [0.05, 0.1) is 6.54 Å². The maximum Gasteiger partial charge on any atom is 0.164 e. The third-order valence-electron chi connectivity index (χ3n) is 3.61. The third-order valence-corrected chi connectivity index (χ3v) is 3.61. The molecule has 0 saturated carbocycles. The van der Waals surface area contributed by atoms with E-state index in [0.717, 1.165) is 22.2 Å². The van der Waals surface area contributed by atoms with Crippen LogP contribution in [0.5, 0.6) is 5.75 Å². The Balaban J connectivity index is 1.81. The SMILES string of the molecule is CC(NCc1ncn(C)n1)c1ccc2ccccc2c1O. The zero-order valence-electron chi connectivity index (χ0n) is 12.1. The van der Waals surface area contributed by atoms with Crippen molar-refractivity contribution in [1.29, 1.82) is 0 Å². The quantitative estimate of drug-likeness (QED) is 0.772. The Morgan fingerprint density at radius 1 is 1.24 bits per heavy atom. The highest BCUT2D eigenvalue weighted by molar-refractivity contribution is 5.89. The second-order valence-corrected chi connectivity index (χ2v) is 5.16. The van der Waals surface area contributed by atoms with Gasteiger partial charge in [-0.2, -0.15) is 5.10 Å². The van der Waals surface area contributed by atoms with Gasteiger partial charge in [-0.3, -0.25) is 4.68 Å². The van der Waals surface area contributed by atoms with E-state index in [2.05, 4.69) is 15.4 Å². The lowest BCUT2D eigenvalue weighted by molar-refractivity contribution is 0.456. The Morgan fingerprint density at radius 3 is 2.81 bits per heavy atom. The number of phenolic OH excluding ortho intramolecular Hbond substituents is 1. The fourth-order valence-electron chi connectivity index (χ4n) is 2.44. The predicted octanol–water partition coefficient (Wildman–Crippen LogP) is 2.52. The van der Waals surface area contributed by atoms with Crippen molar-refractivity contribution < 1.29 is 5.11 Å². The molecule has 0 aliphatic carbocycles. The van der Waals surface area contributed by atoms with E-state index in [-0.39, 0.29) is 6.04 Å². The summed E-state index contributed by atoms with van der Waals surface area (Å²) in [5, 5.41) is 19.9. The van der Waals surface area contributed by atoms with Gasteiger partial charge in [0, 0.05) is 24.0 Å². The van der Waals surface area contributed by atoms with Crippen molar-refractivity contribution in [3.63, 3.8) is 0 Å². The van der Waals surface area contributed by atoms with Crippen LogP contribution in [0.1, 0.15) is 24.4 Å². The summed E-state index contributed by atoms with van der Waals surface area (Å²) in [6.07, 6.45) is 1.68. The van der Waals surface area contributed by atoms with Gasteiger partial charge in [0.1, 0.15) is 12.1 Å². The third kappa shape index (κ3) is 2.73. The molecule has 3 aromatic rings. The van der Waals surface area contributed by atoms with Gasteiger partial charge < -0.3 is 10.4 Å². The van der Waals surface area contributed by atoms with E-state index in [1.54, 1.807) is 11.0 Å². The summed E-state index contributed by atoms with van der Waals surface area (Å²) >= 11 is 0. The van der Waals surface area contributed by atoms with E-state index in [4.69, 9.17) is 0 Å². The van der Waals surface area contributed by atoms with Gasteiger partial charge in [-0.15, -0.1) is 0 Å². The van der Waals surface area contributed by atoms with Crippen LogP contribution in [0.2, 0.25) is 0 Å². The van der Waals surface area contributed by atoms with Crippen molar-refractivity contribution in [3.05, 3.63) is 54.1 Å². The molecule has 2 aromatic carbocycles. The van der Waals surface area contributed by atoms with Gasteiger partial charge in [-0.1, -0.05) is 36.4 Å². The van der Waals surface area contributed by atoms with Crippen LogP contribution < -0.4 is 5.32 Å². The summed E-state index contributed by atoms with van der Waals surface area (Å²) in [5.41, 5.74) is 0.879. The van der Waals surface area contributed by atoms with E-state index >= 15 is 0 Å². The van der Waals surface area contributed by atoms with Crippen LogP contribution in [0.25, 0.3) is 10.8 Å². The average molecular weight is 282 g/mol. The number of fused-ring (bicyclic) bond motifs is 1. The zero-order valence-corrected chi connectivity index (χ0v) is 12.1. The molecule has 1 heterocycles. The number of rotatable bonds is 4. The first-order chi connectivity index (χ1) is 10.1. The normalized spacial score (nSPS) is 12.7. The van der Waals surface area contributed by atoms with E-state index in [1.165, 1.54) is 0 Å². The number of aromatic nitrogens is 3. The largest absolute Gasteiger partial charge is 0.507 e.